The maximum atomic E-state index is 12.4. The van der Waals surface area contributed by atoms with E-state index in [0.717, 1.165) is 18.8 Å². The molecule has 1 saturated heterocycles. The monoisotopic (exact) mass is 261 g/mol. The van der Waals surface area contributed by atoms with Gasteiger partial charge in [0.1, 0.15) is 0 Å². The maximum Gasteiger partial charge on any atom is 0.323 e. The van der Waals surface area contributed by atoms with Crippen molar-refractivity contribution in [2.24, 2.45) is 5.41 Å². The standard InChI is InChI=1S/C15H23N3O/c1-15(2,3)13-17(4)10-11-18(13)14(19)16-12-8-6-5-7-9-12/h5-9,13H,10-11H2,1-4H3,(H,16,19). The van der Waals surface area contributed by atoms with E-state index in [2.05, 4.69) is 38.0 Å². The van der Waals surface area contributed by atoms with Gasteiger partial charge in [-0.3, -0.25) is 4.90 Å². The zero-order chi connectivity index (χ0) is 14.0. The van der Waals surface area contributed by atoms with E-state index in [1.54, 1.807) is 0 Å². The van der Waals surface area contributed by atoms with E-state index >= 15 is 0 Å². The van der Waals surface area contributed by atoms with Crippen LogP contribution in [-0.2, 0) is 0 Å². The Balaban J connectivity index is 2.10. The van der Waals surface area contributed by atoms with Gasteiger partial charge in [0.25, 0.3) is 0 Å². The normalized spacial score (nSPS) is 20.6. The number of likely N-dealkylation sites (N-methyl/N-ethyl adjacent to an activating group) is 1. The smallest absolute Gasteiger partial charge is 0.308 e. The molecule has 1 aliphatic rings. The van der Waals surface area contributed by atoms with Gasteiger partial charge in [-0.15, -0.1) is 0 Å². The molecule has 1 unspecified atom stereocenters. The number of benzene rings is 1. The molecule has 0 aliphatic carbocycles. The molecular weight excluding hydrogens is 238 g/mol. The van der Waals surface area contributed by atoms with Crippen molar-refractivity contribution in [3.8, 4) is 0 Å². The third-order valence-corrected chi connectivity index (χ3v) is 3.47. The van der Waals surface area contributed by atoms with E-state index in [1.165, 1.54) is 0 Å². The second kappa shape index (κ2) is 5.21. The fourth-order valence-electron chi connectivity index (χ4n) is 2.81. The lowest BCUT2D eigenvalue weighted by molar-refractivity contribution is 0.0772. The van der Waals surface area contributed by atoms with Gasteiger partial charge >= 0.3 is 6.03 Å². The summed E-state index contributed by atoms with van der Waals surface area (Å²) in [7, 11) is 2.08. The van der Waals surface area contributed by atoms with Gasteiger partial charge < -0.3 is 10.2 Å². The zero-order valence-electron chi connectivity index (χ0n) is 12.2. The number of carbonyl (C=O) groups is 1. The maximum absolute atomic E-state index is 12.4. The van der Waals surface area contributed by atoms with Gasteiger partial charge in [-0.05, 0) is 24.6 Å². The summed E-state index contributed by atoms with van der Waals surface area (Å²) in [5.74, 6) is 0. The Morgan fingerprint density at radius 2 is 1.84 bits per heavy atom. The van der Waals surface area contributed by atoms with E-state index in [4.69, 9.17) is 0 Å². The summed E-state index contributed by atoms with van der Waals surface area (Å²) in [5.41, 5.74) is 0.883. The first-order valence-electron chi connectivity index (χ1n) is 6.72. The highest BCUT2D eigenvalue weighted by molar-refractivity contribution is 5.89. The largest absolute Gasteiger partial charge is 0.323 e. The third-order valence-electron chi connectivity index (χ3n) is 3.47. The summed E-state index contributed by atoms with van der Waals surface area (Å²) in [6, 6.07) is 9.58. The quantitative estimate of drug-likeness (QED) is 0.843. The van der Waals surface area contributed by atoms with Gasteiger partial charge in [0.15, 0.2) is 0 Å². The van der Waals surface area contributed by atoms with Gasteiger partial charge in [0.05, 0.1) is 6.17 Å². The second-order valence-electron chi connectivity index (χ2n) is 6.21. The van der Waals surface area contributed by atoms with Crippen molar-refractivity contribution < 1.29 is 4.79 Å². The molecule has 1 aliphatic heterocycles. The van der Waals surface area contributed by atoms with E-state index in [9.17, 15) is 4.79 Å². The molecule has 19 heavy (non-hydrogen) atoms. The minimum atomic E-state index is -0.0181. The van der Waals surface area contributed by atoms with Crippen LogP contribution in [0.15, 0.2) is 30.3 Å². The van der Waals surface area contributed by atoms with Crippen LogP contribution in [0.4, 0.5) is 10.5 Å². The van der Waals surface area contributed by atoms with Crippen molar-refractivity contribution in [3.05, 3.63) is 30.3 Å². The van der Waals surface area contributed by atoms with Gasteiger partial charge in [-0.1, -0.05) is 39.0 Å². The number of para-hydroxylation sites is 1. The fourth-order valence-corrected chi connectivity index (χ4v) is 2.81. The minimum absolute atomic E-state index is 0.0181. The SMILES string of the molecule is CN1CCN(C(=O)Nc2ccccc2)C1C(C)(C)C. The van der Waals surface area contributed by atoms with Crippen molar-refractivity contribution in [2.75, 3.05) is 25.5 Å². The van der Waals surface area contributed by atoms with Crippen molar-refractivity contribution in [1.29, 1.82) is 0 Å². The fraction of sp³-hybridized carbons (Fsp3) is 0.533. The molecule has 2 rings (SSSR count). The predicted molar refractivity (Wildman–Crippen MR) is 78.0 cm³/mol. The highest BCUT2D eigenvalue weighted by Gasteiger charge is 2.40. The van der Waals surface area contributed by atoms with Crippen molar-refractivity contribution in [3.63, 3.8) is 0 Å². The minimum Gasteiger partial charge on any atom is -0.308 e. The number of nitrogens with one attached hydrogen (secondary N) is 1. The van der Waals surface area contributed by atoms with Gasteiger partial charge in [-0.25, -0.2) is 4.79 Å². The highest BCUT2D eigenvalue weighted by atomic mass is 16.2. The van der Waals surface area contributed by atoms with E-state index in [0.29, 0.717) is 0 Å². The summed E-state index contributed by atoms with van der Waals surface area (Å²) >= 11 is 0. The lowest BCUT2D eigenvalue weighted by atomic mass is 9.91. The van der Waals surface area contributed by atoms with E-state index in [1.807, 2.05) is 35.2 Å². The number of carbonyl (C=O) groups excluding carboxylic acids is 1. The topological polar surface area (TPSA) is 35.6 Å². The molecule has 104 valence electrons. The number of anilines is 1. The number of amides is 2. The molecule has 0 spiro atoms. The van der Waals surface area contributed by atoms with Crippen LogP contribution >= 0.6 is 0 Å². The first-order chi connectivity index (χ1) is 8.89. The lowest BCUT2D eigenvalue weighted by Crippen LogP contribution is -2.50. The summed E-state index contributed by atoms with van der Waals surface area (Å²) in [6.45, 7) is 8.20. The van der Waals surface area contributed by atoms with Gasteiger partial charge in [-0.2, -0.15) is 0 Å². The average molecular weight is 261 g/mol. The van der Waals surface area contributed by atoms with Gasteiger partial charge in [0.2, 0.25) is 0 Å². The van der Waals surface area contributed by atoms with E-state index in [-0.39, 0.29) is 17.6 Å². The molecular formula is C15H23N3O. The molecule has 1 aromatic carbocycles. The number of nitrogens with zero attached hydrogens (tertiary/aromatic N) is 2. The van der Waals surface area contributed by atoms with Crippen LogP contribution in [0.2, 0.25) is 0 Å². The lowest BCUT2D eigenvalue weighted by Gasteiger charge is -2.38. The van der Waals surface area contributed by atoms with Gasteiger partial charge in [0, 0.05) is 18.8 Å². The Kier molecular flexibility index (Phi) is 3.80. The van der Waals surface area contributed by atoms with Crippen LogP contribution in [-0.4, -0.2) is 42.1 Å². The molecule has 0 saturated carbocycles. The predicted octanol–water partition coefficient (Wildman–Crippen LogP) is 2.84. The summed E-state index contributed by atoms with van der Waals surface area (Å²) < 4.78 is 0. The zero-order valence-corrected chi connectivity index (χ0v) is 12.2. The summed E-state index contributed by atoms with van der Waals surface area (Å²) in [4.78, 5) is 16.6. The Hall–Kier alpha value is -1.55. The molecule has 1 heterocycles. The Bertz CT molecular complexity index is 438. The molecule has 1 fully saturated rings. The number of urea groups is 1. The molecule has 4 heteroatoms. The van der Waals surface area contributed by atoms with Crippen LogP contribution in [0.1, 0.15) is 20.8 Å². The second-order valence-corrected chi connectivity index (χ2v) is 6.21. The molecule has 4 nitrogen and oxygen atoms in total. The van der Waals surface area contributed by atoms with Crippen molar-refractivity contribution in [1.82, 2.24) is 9.80 Å². The van der Waals surface area contributed by atoms with Crippen LogP contribution in [0, 0.1) is 5.41 Å². The highest BCUT2D eigenvalue weighted by Crippen LogP contribution is 2.30. The Labute approximate surface area is 115 Å². The molecule has 1 N–H and O–H groups in total. The molecule has 0 aromatic heterocycles. The first-order valence-corrected chi connectivity index (χ1v) is 6.72. The van der Waals surface area contributed by atoms with Crippen LogP contribution in [0.3, 0.4) is 0 Å². The average Bonchev–Trinajstić information content (AvgIpc) is 2.72. The molecule has 1 atom stereocenters. The van der Waals surface area contributed by atoms with Crippen molar-refractivity contribution in [2.45, 2.75) is 26.9 Å². The molecule has 2 amide bonds. The molecule has 0 bridgehead atoms. The molecule has 0 radical (unpaired) electrons. The van der Waals surface area contributed by atoms with Crippen LogP contribution in [0.5, 0.6) is 0 Å². The Morgan fingerprint density at radius 3 is 2.42 bits per heavy atom. The van der Waals surface area contributed by atoms with E-state index < -0.39 is 0 Å². The Morgan fingerprint density at radius 1 is 1.21 bits per heavy atom. The summed E-state index contributed by atoms with van der Waals surface area (Å²) in [6.07, 6.45) is 0.135. The first kappa shape index (κ1) is 13.9. The third kappa shape index (κ3) is 3.07. The van der Waals surface area contributed by atoms with Crippen molar-refractivity contribution >= 4 is 11.7 Å². The van der Waals surface area contributed by atoms with Crippen LogP contribution in [0.25, 0.3) is 0 Å². The number of hydrogen-bond acceptors (Lipinski definition) is 2. The summed E-state index contributed by atoms with van der Waals surface area (Å²) in [5, 5.41) is 2.97. The number of hydrogen-bond donors (Lipinski definition) is 1. The molecule has 1 aromatic rings. The number of rotatable bonds is 1. The van der Waals surface area contributed by atoms with Crippen LogP contribution < -0.4 is 5.32 Å².